The van der Waals surface area contributed by atoms with E-state index in [-0.39, 0.29) is 0 Å². The lowest BCUT2D eigenvalue weighted by Crippen LogP contribution is -2.31. The Hall–Kier alpha value is -0.870. The number of ether oxygens (including phenoxy) is 1. The average molecular weight is 258 g/mol. The maximum atomic E-state index is 5.88. The third-order valence-corrected chi connectivity index (χ3v) is 2.46. The maximum Gasteiger partial charge on any atom is 0.224 e. The second-order valence-corrected chi connectivity index (χ2v) is 4.81. The Morgan fingerprint density at radius 3 is 2.65 bits per heavy atom. The van der Waals surface area contributed by atoms with E-state index in [0.717, 1.165) is 24.6 Å². The summed E-state index contributed by atoms with van der Waals surface area (Å²) in [5, 5.41) is 0.297. The van der Waals surface area contributed by atoms with E-state index in [1.54, 1.807) is 7.11 Å². The molecule has 0 unspecified atom stereocenters. The summed E-state index contributed by atoms with van der Waals surface area (Å²) in [6.07, 6.45) is 0. The lowest BCUT2D eigenvalue weighted by molar-refractivity contribution is 0.204. The Morgan fingerprint density at radius 2 is 2.12 bits per heavy atom. The molecule has 96 valence electrons. The van der Waals surface area contributed by atoms with Crippen molar-refractivity contribution >= 4 is 17.4 Å². The molecule has 1 rings (SSSR count). The van der Waals surface area contributed by atoms with Gasteiger partial charge < -0.3 is 9.64 Å². The maximum absolute atomic E-state index is 5.88. The van der Waals surface area contributed by atoms with Crippen LogP contribution in [0.1, 0.15) is 19.5 Å². The van der Waals surface area contributed by atoms with Crippen molar-refractivity contribution in [1.29, 1.82) is 0 Å². The van der Waals surface area contributed by atoms with E-state index in [0.29, 0.717) is 17.8 Å². The third-order valence-electron chi connectivity index (χ3n) is 2.29. The molecule has 0 aromatic carbocycles. The summed E-state index contributed by atoms with van der Waals surface area (Å²) in [6.45, 7) is 8.68. The fourth-order valence-corrected chi connectivity index (χ4v) is 1.84. The Kier molecular flexibility index (Phi) is 5.65. The van der Waals surface area contributed by atoms with Gasteiger partial charge in [-0.2, -0.15) is 0 Å². The van der Waals surface area contributed by atoms with Gasteiger partial charge in [-0.05, 0) is 24.4 Å². The predicted molar refractivity (Wildman–Crippen MR) is 70.7 cm³/mol. The largest absolute Gasteiger partial charge is 0.383 e. The molecule has 0 aliphatic rings. The first-order chi connectivity index (χ1) is 8.02. The van der Waals surface area contributed by atoms with Crippen molar-refractivity contribution in [3.05, 3.63) is 17.0 Å². The summed E-state index contributed by atoms with van der Waals surface area (Å²) in [6, 6.07) is 1.95. The third kappa shape index (κ3) is 4.88. The van der Waals surface area contributed by atoms with Crippen LogP contribution in [-0.4, -0.2) is 36.8 Å². The quantitative estimate of drug-likeness (QED) is 0.734. The summed E-state index contributed by atoms with van der Waals surface area (Å²) in [4.78, 5) is 10.5. The van der Waals surface area contributed by atoms with Crippen molar-refractivity contribution in [2.24, 2.45) is 5.92 Å². The number of aromatic nitrogens is 2. The minimum absolute atomic E-state index is 0.297. The first-order valence-corrected chi connectivity index (χ1v) is 6.15. The number of hydrogen-bond donors (Lipinski definition) is 0. The lowest BCUT2D eigenvalue weighted by atomic mass is 10.2. The van der Waals surface area contributed by atoms with Crippen LogP contribution in [0.3, 0.4) is 0 Å². The standard InChI is InChI=1S/C12H20ClN3O/c1-9(2)8-16(5-6-17-4)11-7-10(3)14-12(13)15-11/h7,9H,5-6,8H2,1-4H3. The Labute approximate surface area is 108 Å². The van der Waals surface area contributed by atoms with Gasteiger partial charge in [0.2, 0.25) is 5.28 Å². The van der Waals surface area contributed by atoms with E-state index >= 15 is 0 Å². The number of anilines is 1. The molecule has 0 bridgehead atoms. The van der Waals surface area contributed by atoms with E-state index in [1.807, 2.05) is 13.0 Å². The van der Waals surface area contributed by atoms with E-state index in [1.165, 1.54) is 0 Å². The molecule has 1 heterocycles. The molecule has 5 heteroatoms. The first-order valence-electron chi connectivity index (χ1n) is 5.78. The number of hydrogen-bond acceptors (Lipinski definition) is 4. The summed E-state index contributed by atoms with van der Waals surface area (Å²) in [5.41, 5.74) is 0.881. The van der Waals surface area contributed by atoms with Gasteiger partial charge in [-0.1, -0.05) is 13.8 Å². The van der Waals surface area contributed by atoms with Gasteiger partial charge in [0.25, 0.3) is 0 Å². The highest BCUT2D eigenvalue weighted by Gasteiger charge is 2.11. The van der Waals surface area contributed by atoms with Crippen molar-refractivity contribution in [3.8, 4) is 0 Å². The number of halogens is 1. The number of aryl methyl sites for hydroxylation is 1. The molecule has 0 aliphatic carbocycles. The van der Waals surface area contributed by atoms with Gasteiger partial charge in [0, 0.05) is 32.0 Å². The highest BCUT2D eigenvalue weighted by Crippen LogP contribution is 2.16. The molecule has 1 aromatic heterocycles. The van der Waals surface area contributed by atoms with E-state index in [2.05, 4.69) is 28.7 Å². The topological polar surface area (TPSA) is 38.2 Å². The van der Waals surface area contributed by atoms with Crippen LogP contribution in [0.2, 0.25) is 5.28 Å². The Morgan fingerprint density at radius 1 is 1.41 bits per heavy atom. The average Bonchev–Trinajstić information content (AvgIpc) is 2.22. The summed E-state index contributed by atoms with van der Waals surface area (Å²) in [5.74, 6) is 1.43. The molecule has 0 atom stereocenters. The zero-order chi connectivity index (χ0) is 12.8. The molecule has 0 fully saturated rings. The van der Waals surface area contributed by atoms with Crippen molar-refractivity contribution < 1.29 is 4.74 Å². The van der Waals surface area contributed by atoms with Crippen LogP contribution in [0.15, 0.2) is 6.07 Å². The molecular weight excluding hydrogens is 238 g/mol. The molecule has 17 heavy (non-hydrogen) atoms. The lowest BCUT2D eigenvalue weighted by Gasteiger charge is -2.25. The van der Waals surface area contributed by atoms with Gasteiger partial charge in [-0.25, -0.2) is 9.97 Å². The van der Waals surface area contributed by atoms with E-state index in [9.17, 15) is 0 Å². The second-order valence-electron chi connectivity index (χ2n) is 4.47. The summed E-state index contributed by atoms with van der Waals surface area (Å²) >= 11 is 5.88. The Balaban J connectivity index is 2.86. The van der Waals surface area contributed by atoms with Crippen molar-refractivity contribution in [2.45, 2.75) is 20.8 Å². The van der Waals surface area contributed by atoms with Crippen molar-refractivity contribution in [1.82, 2.24) is 9.97 Å². The molecule has 0 aliphatic heterocycles. The van der Waals surface area contributed by atoms with Gasteiger partial charge in [0.05, 0.1) is 6.61 Å². The second kappa shape index (κ2) is 6.77. The van der Waals surface area contributed by atoms with Gasteiger partial charge in [-0.3, -0.25) is 0 Å². The molecule has 0 radical (unpaired) electrons. The zero-order valence-electron chi connectivity index (χ0n) is 10.9. The number of methoxy groups -OCH3 is 1. The minimum atomic E-state index is 0.297. The molecule has 0 saturated heterocycles. The number of rotatable bonds is 6. The fourth-order valence-electron chi connectivity index (χ4n) is 1.62. The van der Waals surface area contributed by atoms with Crippen molar-refractivity contribution in [2.75, 3.05) is 31.7 Å². The van der Waals surface area contributed by atoms with Gasteiger partial charge in [0.1, 0.15) is 5.82 Å². The summed E-state index contributed by atoms with van der Waals surface area (Å²) < 4.78 is 5.12. The van der Waals surface area contributed by atoms with Gasteiger partial charge >= 0.3 is 0 Å². The van der Waals surface area contributed by atoms with Gasteiger partial charge in [0.15, 0.2) is 0 Å². The summed E-state index contributed by atoms with van der Waals surface area (Å²) in [7, 11) is 1.70. The highest BCUT2D eigenvalue weighted by atomic mass is 35.5. The minimum Gasteiger partial charge on any atom is -0.383 e. The van der Waals surface area contributed by atoms with E-state index in [4.69, 9.17) is 16.3 Å². The van der Waals surface area contributed by atoms with Crippen LogP contribution in [0.25, 0.3) is 0 Å². The van der Waals surface area contributed by atoms with E-state index < -0.39 is 0 Å². The normalized spacial score (nSPS) is 10.9. The van der Waals surface area contributed by atoms with Crippen LogP contribution in [0.4, 0.5) is 5.82 Å². The molecular formula is C12H20ClN3O. The fraction of sp³-hybridized carbons (Fsp3) is 0.667. The molecule has 1 aromatic rings. The molecule has 4 nitrogen and oxygen atoms in total. The molecule has 0 N–H and O–H groups in total. The molecule has 0 amide bonds. The zero-order valence-corrected chi connectivity index (χ0v) is 11.7. The smallest absolute Gasteiger partial charge is 0.224 e. The Bertz CT molecular complexity index is 337. The SMILES string of the molecule is COCCN(CC(C)C)c1cc(C)nc(Cl)n1. The molecule has 0 saturated carbocycles. The van der Waals surface area contributed by atoms with Crippen molar-refractivity contribution in [3.63, 3.8) is 0 Å². The van der Waals surface area contributed by atoms with Crippen LogP contribution < -0.4 is 4.90 Å². The number of nitrogens with zero attached hydrogens (tertiary/aromatic N) is 3. The molecule has 0 spiro atoms. The van der Waals surface area contributed by atoms with Crippen LogP contribution in [0, 0.1) is 12.8 Å². The van der Waals surface area contributed by atoms with Crippen LogP contribution >= 0.6 is 11.6 Å². The van der Waals surface area contributed by atoms with Gasteiger partial charge in [-0.15, -0.1) is 0 Å². The van der Waals surface area contributed by atoms with Crippen LogP contribution in [0.5, 0.6) is 0 Å². The predicted octanol–water partition coefficient (Wildman–Crippen LogP) is 2.55. The monoisotopic (exact) mass is 257 g/mol. The van der Waals surface area contributed by atoms with Crippen LogP contribution in [-0.2, 0) is 4.74 Å². The highest BCUT2D eigenvalue weighted by molar-refractivity contribution is 6.28. The first kappa shape index (κ1) is 14.2.